The van der Waals surface area contributed by atoms with Gasteiger partial charge in [-0.2, -0.15) is 0 Å². The summed E-state index contributed by atoms with van der Waals surface area (Å²) in [6.45, 7) is 0. The second kappa shape index (κ2) is 6.98. The van der Waals surface area contributed by atoms with Crippen molar-refractivity contribution in [2.75, 3.05) is 14.2 Å². The van der Waals surface area contributed by atoms with Crippen LogP contribution < -0.4 is 4.74 Å². The second-order valence-electron chi connectivity index (χ2n) is 4.68. The van der Waals surface area contributed by atoms with Crippen molar-refractivity contribution in [3.05, 3.63) is 35.9 Å². The van der Waals surface area contributed by atoms with Gasteiger partial charge in [0.05, 0.1) is 20.3 Å². The topological polar surface area (TPSA) is 30.8 Å². The Morgan fingerprint density at radius 3 is 2.89 bits per heavy atom. The van der Waals surface area contributed by atoms with E-state index in [1.807, 2.05) is 18.2 Å². The van der Waals surface area contributed by atoms with Gasteiger partial charge in [0.15, 0.2) is 5.90 Å². The SMILES string of the molecule is COC1=NC(/C=C/c2cccc(OC)c2)CCCC1. The Balaban J connectivity index is 2.07. The first kappa shape index (κ1) is 13.7. The van der Waals surface area contributed by atoms with Crippen LogP contribution in [0.4, 0.5) is 0 Å². The zero-order valence-corrected chi connectivity index (χ0v) is 11.6. The highest BCUT2D eigenvalue weighted by molar-refractivity contribution is 5.76. The molecule has 3 heteroatoms. The van der Waals surface area contributed by atoms with E-state index >= 15 is 0 Å². The molecule has 0 saturated carbocycles. The van der Waals surface area contributed by atoms with Crippen molar-refractivity contribution in [2.24, 2.45) is 4.99 Å². The van der Waals surface area contributed by atoms with E-state index in [0.717, 1.165) is 36.5 Å². The Labute approximate surface area is 115 Å². The average molecular weight is 259 g/mol. The molecule has 19 heavy (non-hydrogen) atoms. The Morgan fingerprint density at radius 1 is 1.21 bits per heavy atom. The predicted octanol–water partition coefficient (Wildman–Crippen LogP) is 3.70. The van der Waals surface area contributed by atoms with Crippen molar-refractivity contribution in [3.8, 4) is 5.75 Å². The first-order chi connectivity index (χ1) is 9.31. The molecule has 1 aromatic rings. The molecule has 3 nitrogen and oxygen atoms in total. The number of rotatable bonds is 3. The number of methoxy groups -OCH3 is 2. The largest absolute Gasteiger partial charge is 0.497 e. The number of benzene rings is 1. The maximum Gasteiger partial charge on any atom is 0.183 e. The Kier molecular flexibility index (Phi) is 5.01. The molecule has 0 aliphatic carbocycles. The summed E-state index contributed by atoms with van der Waals surface area (Å²) < 4.78 is 10.5. The third-order valence-corrected chi connectivity index (χ3v) is 3.29. The molecule has 1 aliphatic rings. The van der Waals surface area contributed by atoms with Gasteiger partial charge >= 0.3 is 0 Å². The van der Waals surface area contributed by atoms with Gasteiger partial charge < -0.3 is 9.47 Å². The van der Waals surface area contributed by atoms with Gasteiger partial charge in [0.2, 0.25) is 0 Å². The lowest BCUT2D eigenvalue weighted by Gasteiger charge is -2.06. The van der Waals surface area contributed by atoms with Crippen LogP contribution >= 0.6 is 0 Å². The van der Waals surface area contributed by atoms with E-state index in [0.29, 0.717) is 0 Å². The number of nitrogens with zero attached hydrogens (tertiary/aromatic N) is 1. The summed E-state index contributed by atoms with van der Waals surface area (Å²) in [4.78, 5) is 4.63. The molecule has 0 saturated heterocycles. The third kappa shape index (κ3) is 4.12. The molecule has 1 atom stereocenters. The van der Waals surface area contributed by atoms with Gasteiger partial charge in [-0.3, -0.25) is 0 Å². The highest BCUT2D eigenvalue weighted by Crippen LogP contribution is 2.18. The van der Waals surface area contributed by atoms with E-state index in [1.54, 1.807) is 14.2 Å². The number of hydrogen-bond acceptors (Lipinski definition) is 3. The summed E-state index contributed by atoms with van der Waals surface area (Å²) in [5.41, 5.74) is 1.14. The highest BCUT2D eigenvalue weighted by atomic mass is 16.5. The Morgan fingerprint density at radius 2 is 2.11 bits per heavy atom. The maximum atomic E-state index is 5.29. The monoisotopic (exact) mass is 259 g/mol. The van der Waals surface area contributed by atoms with Gasteiger partial charge in [-0.1, -0.05) is 30.7 Å². The normalized spacial score (nSPS) is 19.9. The maximum absolute atomic E-state index is 5.29. The van der Waals surface area contributed by atoms with Gasteiger partial charge in [0.25, 0.3) is 0 Å². The van der Waals surface area contributed by atoms with Crippen LogP contribution in [-0.4, -0.2) is 26.2 Å². The molecule has 2 rings (SSSR count). The van der Waals surface area contributed by atoms with Crippen molar-refractivity contribution < 1.29 is 9.47 Å². The van der Waals surface area contributed by atoms with Crippen LogP contribution in [0.15, 0.2) is 35.3 Å². The molecule has 0 radical (unpaired) electrons. The van der Waals surface area contributed by atoms with E-state index in [1.165, 1.54) is 6.42 Å². The Hall–Kier alpha value is -1.77. The summed E-state index contributed by atoms with van der Waals surface area (Å²) in [6, 6.07) is 8.26. The molecule has 1 unspecified atom stereocenters. The lowest BCUT2D eigenvalue weighted by Crippen LogP contribution is -2.04. The molecule has 0 spiro atoms. The zero-order chi connectivity index (χ0) is 13.5. The second-order valence-corrected chi connectivity index (χ2v) is 4.68. The fourth-order valence-corrected chi connectivity index (χ4v) is 2.21. The van der Waals surface area contributed by atoms with E-state index in [9.17, 15) is 0 Å². The van der Waals surface area contributed by atoms with Crippen LogP contribution in [0.2, 0.25) is 0 Å². The molecular weight excluding hydrogens is 238 g/mol. The number of hydrogen-bond donors (Lipinski definition) is 0. The molecule has 0 fully saturated rings. The highest BCUT2D eigenvalue weighted by Gasteiger charge is 2.10. The van der Waals surface area contributed by atoms with E-state index in [2.05, 4.69) is 23.2 Å². The molecule has 1 heterocycles. The number of aliphatic imine (C=N–C) groups is 1. The molecule has 1 aromatic carbocycles. The van der Waals surface area contributed by atoms with E-state index < -0.39 is 0 Å². The minimum Gasteiger partial charge on any atom is -0.497 e. The summed E-state index contributed by atoms with van der Waals surface area (Å²) in [6.07, 6.45) is 8.67. The van der Waals surface area contributed by atoms with Crippen molar-refractivity contribution in [1.82, 2.24) is 0 Å². The van der Waals surface area contributed by atoms with Crippen LogP contribution in [0, 0.1) is 0 Å². The fraction of sp³-hybridized carbons (Fsp3) is 0.438. The van der Waals surface area contributed by atoms with Crippen LogP contribution in [0.5, 0.6) is 5.75 Å². The summed E-state index contributed by atoms with van der Waals surface area (Å²) in [5.74, 6) is 1.75. The molecule has 102 valence electrons. The van der Waals surface area contributed by atoms with Crippen molar-refractivity contribution in [3.63, 3.8) is 0 Å². The molecule has 0 bridgehead atoms. The van der Waals surface area contributed by atoms with Crippen molar-refractivity contribution in [1.29, 1.82) is 0 Å². The summed E-state index contributed by atoms with van der Waals surface area (Å²) in [7, 11) is 3.39. The van der Waals surface area contributed by atoms with Crippen LogP contribution in [0.25, 0.3) is 6.08 Å². The first-order valence-electron chi connectivity index (χ1n) is 6.75. The molecule has 0 aromatic heterocycles. The lowest BCUT2D eigenvalue weighted by molar-refractivity contribution is 0.387. The van der Waals surface area contributed by atoms with Crippen LogP contribution in [-0.2, 0) is 4.74 Å². The lowest BCUT2D eigenvalue weighted by atomic mass is 10.1. The minimum absolute atomic E-state index is 0.226. The van der Waals surface area contributed by atoms with Gasteiger partial charge in [0.1, 0.15) is 5.75 Å². The van der Waals surface area contributed by atoms with Gasteiger partial charge in [-0.05, 0) is 30.5 Å². The van der Waals surface area contributed by atoms with Gasteiger partial charge in [-0.15, -0.1) is 0 Å². The third-order valence-electron chi connectivity index (χ3n) is 3.29. The summed E-state index contributed by atoms with van der Waals surface area (Å²) in [5, 5.41) is 0. The molecular formula is C16H21NO2. The standard InChI is InChI=1S/C16H21NO2/c1-18-15-8-5-6-13(12-15)10-11-14-7-3-4-9-16(17-14)19-2/h5-6,8,10-12,14H,3-4,7,9H2,1-2H3/b11-10+. The van der Waals surface area contributed by atoms with Crippen molar-refractivity contribution in [2.45, 2.75) is 31.7 Å². The summed E-state index contributed by atoms with van der Waals surface area (Å²) >= 11 is 0. The predicted molar refractivity (Wildman–Crippen MR) is 78.7 cm³/mol. The van der Waals surface area contributed by atoms with Gasteiger partial charge in [-0.25, -0.2) is 4.99 Å². The average Bonchev–Trinajstić information content (AvgIpc) is 2.70. The Bertz CT molecular complexity index is 466. The van der Waals surface area contributed by atoms with E-state index in [4.69, 9.17) is 9.47 Å². The number of ether oxygens (including phenoxy) is 2. The van der Waals surface area contributed by atoms with Crippen LogP contribution in [0.1, 0.15) is 31.2 Å². The van der Waals surface area contributed by atoms with Crippen molar-refractivity contribution >= 4 is 12.0 Å². The quantitative estimate of drug-likeness (QED) is 0.828. The minimum atomic E-state index is 0.226. The van der Waals surface area contributed by atoms with E-state index in [-0.39, 0.29) is 6.04 Å². The zero-order valence-electron chi connectivity index (χ0n) is 11.6. The molecule has 1 aliphatic heterocycles. The van der Waals surface area contributed by atoms with Crippen LogP contribution in [0.3, 0.4) is 0 Å². The molecule has 0 amide bonds. The fourth-order valence-electron chi connectivity index (χ4n) is 2.21. The van der Waals surface area contributed by atoms with Gasteiger partial charge in [0, 0.05) is 6.42 Å². The smallest absolute Gasteiger partial charge is 0.183 e. The first-order valence-corrected chi connectivity index (χ1v) is 6.75. The molecule has 0 N–H and O–H groups in total.